The van der Waals surface area contributed by atoms with Gasteiger partial charge in [0, 0.05) is 42.4 Å². The van der Waals surface area contributed by atoms with Crippen molar-refractivity contribution in [1.82, 2.24) is 14.9 Å². The van der Waals surface area contributed by atoms with Crippen LogP contribution in [0.3, 0.4) is 0 Å². The van der Waals surface area contributed by atoms with Crippen molar-refractivity contribution in [3.63, 3.8) is 0 Å². The molecule has 6 heteroatoms. The van der Waals surface area contributed by atoms with Crippen LogP contribution >= 0.6 is 11.3 Å². The first-order valence-corrected chi connectivity index (χ1v) is 10.1. The number of fused-ring (bicyclic) bond motifs is 1. The van der Waals surface area contributed by atoms with Crippen LogP contribution in [0.2, 0.25) is 0 Å². The van der Waals surface area contributed by atoms with Gasteiger partial charge in [0.2, 0.25) is 5.91 Å². The number of nitrogens with zero attached hydrogens (tertiary/aromatic N) is 2. The van der Waals surface area contributed by atoms with Gasteiger partial charge in [-0.1, -0.05) is 18.2 Å². The molecule has 3 heterocycles. The molecule has 0 aliphatic carbocycles. The standard InChI is InChI=1S/C20H24N4OS/c1-14(25)22-20-23-16(13-26-20)8-11-24-9-6-15(7-10-24)18-12-21-19-5-3-2-4-17(18)19/h2-5,12-13,15,21H,6-11H2,1H3,(H,22,23,25). The van der Waals surface area contributed by atoms with Gasteiger partial charge in [-0.2, -0.15) is 0 Å². The SMILES string of the molecule is CC(=O)Nc1nc(CCN2CCC(c3c[nH]c4ccccc34)CC2)cs1. The van der Waals surface area contributed by atoms with Crippen molar-refractivity contribution in [2.75, 3.05) is 25.0 Å². The van der Waals surface area contributed by atoms with Crippen LogP contribution in [0, 0.1) is 0 Å². The number of amides is 1. The molecule has 1 aromatic carbocycles. The van der Waals surface area contributed by atoms with Crippen molar-refractivity contribution in [2.24, 2.45) is 0 Å². The first-order chi connectivity index (χ1) is 12.7. The van der Waals surface area contributed by atoms with Crippen LogP contribution in [-0.4, -0.2) is 40.4 Å². The second kappa shape index (κ2) is 7.60. The van der Waals surface area contributed by atoms with Gasteiger partial charge in [0.1, 0.15) is 0 Å². The lowest BCUT2D eigenvalue weighted by Crippen LogP contribution is -2.34. The Balaban J connectivity index is 1.30. The summed E-state index contributed by atoms with van der Waals surface area (Å²) in [5, 5.41) is 6.87. The molecule has 1 amide bonds. The highest BCUT2D eigenvalue weighted by molar-refractivity contribution is 7.13. The molecule has 1 saturated heterocycles. The van der Waals surface area contributed by atoms with Crippen LogP contribution in [0.15, 0.2) is 35.8 Å². The van der Waals surface area contributed by atoms with Gasteiger partial charge in [-0.05, 0) is 43.5 Å². The molecule has 1 fully saturated rings. The van der Waals surface area contributed by atoms with E-state index in [1.165, 1.54) is 47.6 Å². The van der Waals surface area contributed by atoms with Crippen LogP contribution < -0.4 is 5.32 Å². The zero-order valence-electron chi connectivity index (χ0n) is 15.0. The summed E-state index contributed by atoms with van der Waals surface area (Å²) in [4.78, 5) is 21.5. The van der Waals surface area contributed by atoms with Gasteiger partial charge in [0.25, 0.3) is 0 Å². The quantitative estimate of drug-likeness (QED) is 0.715. The number of thiazole rings is 1. The maximum Gasteiger partial charge on any atom is 0.223 e. The van der Waals surface area contributed by atoms with E-state index in [1.807, 2.05) is 5.38 Å². The van der Waals surface area contributed by atoms with Gasteiger partial charge < -0.3 is 15.2 Å². The Hall–Kier alpha value is -2.18. The maximum atomic E-state index is 11.1. The summed E-state index contributed by atoms with van der Waals surface area (Å²) in [6.45, 7) is 4.81. The highest BCUT2D eigenvalue weighted by Gasteiger charge is 2.22. The van der Waals surface area contributed by atoms with Crippen molar-refractivity contribution in [2.45, 2.75) is 32.1 Å². The first-order valence-electron chi connectivity index (χ1n) is 9.19. The maximum absolute atomic E-state index is 11.1. The molecule has 5 nitrogen and oxygen atoms in total. The molecule has 0 radical (unpaired) electrons. The minimum atomic E-state index is -0.0646. The zero-order valence-corrected chi connectivity index (χ0v) is 15.8. The largest absolute Gasteiger partial charge is 0.361 e. The normalized spacial score (nSPS) is 16.2. The van der Waals surface area contributed by atoms with E-state index in [0.717, 1.165) is 31.7 Å². The molecule has 2 N–H and O–H groups in total. The number of para-hydroxylation sites is 1. The number of benzene rings is 1. The average Bonchev–Trinajstić information content (AvgIpc) is 3.27. The number of hydrogen-bond donors (Lipinski definition) is 2. The summed E-state index contributed by atoms with van der Waals surface area (Å²) in [7, 11) is 0. The molecule has 0 bridgehead atoms. The fraction of sp³-hybridized carbons (Fsp3) is 0.400. The van der Waals surface area contributed by atoms with E-state index >= 15 is 0 Å². The van der Waals surface area contributed by atoms with E-state index in [9.17, 15) is 4.79 Å². The molecule has 2 aromatic heterocycles. The van der Waals surface area contributed by atoms with Crippen LogP contribution in [0.5, 0.6) is 0 Å². The van der Waals surface area contributed by atoms with Crippen LogP contribution in [0.25, 0.3) is 10.9 Å². The lowest BCUT2D eigenvalue weighted by atomic mass is 9.89. The summed E-state index contributed by atoms with van der Waals surface area (Å²) in [5.74, 6) is 0.582. The molecule has 26 heavy (non-hydrogen) atoms. The number of carbonyl (C=O) groups is 1. The molecule has 136 valence electrons. The number of carbonyl (C=O) groups excluding carboxylic acids is 1. The summed E-state index contributed by atoms with van der Waals surface area (Å²) in [6, 6.07) is 8.58. The predicted molar refractivity (Wildman–Crippen MR) is 107 cm³/mol. The Bertz CT molecular complexity index is 892. The Morgan fingerprint density at radius 2 is 2.15 bits per heavy atom. The van der Waals surface area contributed by atoms with Crippen LogP contribution in [-0.2, 0) is 11.2 Å². The average molecular weight is 369 g/mol. The molecule has 3 aromatic rings. The lowest BCUT2D eigenvalue weighted by Gasteiger charge is -2.31. The minimum Gasteiger partial charge on any atom is -0.361 e. The third-order valence-electron chi connectivity index (χ3n) is 5.17. The summed E-state index contributed by atoms with van der Waals surface area (Å²) in [5.41, 5.74) is 3.78. The molecule has 0 unspecified atom stereocenters. The number of hydrogen-bond acceptors (Lipinski definition) is 4. The van der Waals surface area contributed by atoms with Gasteiger partial charge in [-0.15, -0.1) is 11.3 Å². The molecule has 0 spiro atoms. The Kier molecular flexibility index (Phi) is 5.04. The molecule has 1 aliphatic rings. The fourth-order valence-electron chi connectivity index (χ4n) is 3.80. The van der Waals surface area contributed by atoms with Crippen molar-refractivity contribution in [3.8, 4) is 0 Å². The number of rotatable bonds is 5. The van der Waals surface area contributed by atoms with Crippen molar-refractivity contribution >= 4 is 33.3 Å². The number of H-pyrrole nitrogens is 1. The lowest BCUT2D eigenvalue weighted by molar-refractivity contribution is -0.114. The number of aromatic amines is 1. The molecular formula is C20H24N4OS. The van der Waals surface area contributed by atoms with E-state index in [1.54, 1.807) is 0 Å². The van der Waals surface area contributed by atoms with Crippen molar-refractivity contribution < 1.29 is 4.79 Å². The Morgan fingerprint density at radius 3 is 2.96 bits per heavy atom. The molecule has 4 rings (SSSR count). The van der Waals surface area contributed by atoms with Gasteiger partial charge in [0.05, 0.1) is 5.69 Å². The van der Waals surface area contributed by atoms with Gasteiger partial charge in [0.15, 0.2) is 5.13 Å². The van der Waals surface area contributed by atoms with E-state index in [-0.39, 0.29) is 5.91 Å². The highest BCUT2D eigenvalue weighted by Crippen LogP contribution is 2.33. The highest BCUT2D eigenvalue weighted by atomic mass is 32.1. The summed E-state index contributed by atoms with van der Waals surface area (Å²) >= 11 is 1.50. The third kappa shape index (κ3) is 3.81. The Morgan fingerprint density at radius 1 is 1.35 bits per heavy atom. The second-order valence-corrected chi connectivity index (χ2v) is 7.84. The molecule has 0 atom stereocenters. The Labute approximate surface area is 157 Å². The van der Waals surface area contributed by atoms with E-state index < -0.39 is 0 Å². The molecule has 0 saturated carbocycles. The monoisotopic (exact) mass is 368 g/mol. The second-order valence-electron chi connectivity index (χ2n) is 6.98. The van der Waals surface area contributed by atoms with Gasteiger partial charge in [-0.25, -0.2) is 4.98 Å². The third-order valence-corrected chi connectivity index (χ3v) is 5.97. The van der Waals surface area contributed by atoms with Crippen LogP contribution in [0.4, 0.5) is 5.13 Å². The zero-order chi connectivity index (χ0) is 17.9. The van der Waals surface area contributed by atoms with Crippen LogP contribution in [0.1, 0.15) is 36.9 Å². The number of likely N-dealkylation sites (tertiary alicyclic amines) is 1. The number of aromatic nitrogens is 2. The van der Waals surface area contributed by atoms with E-state index in [0.29, 0.717) is 11.0 Å². The predicted octanol–water partition coefficient (Wildman–Crippen LogP) is 4.00. The molecule has 1 aliphatic heterocycles. The van der Waals surface area contributed by atoms with Gasteiger partial charge >= 0.3 is 0 Å². The summed E-state index contributed by atoms with van der Waals surface area (Å²) in [6.07, 6.45) is 5.55. The van der Waals surface area contributed by atoms with E-state index in [2.05, 4.69) is 50.6 Å². The number of anilines is 1. The summed E-state index contributed by atoms with van der Waals surface area (Å²) < 4.78 is 0. The first kappa shape index (κ1) is 17.2. The fourth-order valence-corrected chi connectivity index (χ4v) is 4.59. The minimum absolute atomic E-state index is 0.0646. The number of piperidine rings is 1. The topological polar surface area (TPSA) is 61.0 Å². The number of nitrogens with one attached hydrogen (secondary N) is 2. The van der Waals surface area contributed by atoms with Crippen molar-refractivity contribution in [3.05, 3.63) is 47.1 Å². The van der Waals surface area contributed by atoms with E-state index in [4.69, 9.17) is 0 Å². The van der Waals surface area contributed by atoms with Crippen molar-refractivity contribution in [1.29, 1.82) is 0 Å². The smallest absolute Gasteiger partial charge is 0.223 e. The molecular weight excluding hydrogens is 344 g/mol. The van der Waals surface area contributed by atoms with Gasteiger partial charge in [-0.3, -0.25) is 4.79 Å².